The highest BCUT2D eigenvalue weighted by molar-refractivity contribution is 5.48. The van der Waals surface area contributed by atoms with Crippen LogP contribution in [-0.4, -0.2) is 6.54 Å². The van der Waals surface area contributed by atoms with Gasteiger partial charge >= 0.3 is 0 Å². The Kier molecular flexibility index (Phi) is 3.48. The number of rotatable bonds is 3. The minimum absolute atomic E-state index is 0.408. The molecular weight excluding hydrogens is 150 g/mol. The summed E-state index contributed by atoms with van der Waals surface area (Å²) in [6.45, 7) is 0.408. The van der Waals surface area contributed by atoms with Crippen LogP contribution in [0.4, 0.5) is 0 Å². The fourth-order valence-electron chi connectivity index (χ4n) is 0.837. The van der Waals surface area contributed by atoms with Crippen LogP contribution in [0.15, 0.2) is 41.5 Å². The van der Waals surface area contributed by atoms with Crippen LogP contribution in [-0.2, 0) is 0 Å². The predicted molar refractivity (Wildman–Crippen MR) is 49.5 cm³/mol. The summed E-state index contributed by atoms with van der Waals surface area (Å²) in [5.41, 5.74) is 9.10. The van der Waals surface area contributed by atoms with Gasteiger partial charge in [-0.05, 0) is 11.1 Å². The summed E-state index contributed by atoms with van der Waals surface area (Å²) in [7, 11) is 0. The first kappa shape index (κ1) is 8.37. The Balaban J connectivity index is 2.52. The normalized spacial score (nSPS) is 9.67. The van der Waals surface area contributed by atoms with E-state index in [9.17, 15) is 0 Å². The Hall–Kier alpha value is -1.73. The molecule has 3 heteroatoms. The summed E-state index contributed by atoms with van der Waals surface area (Å²) < 4.78 is 0. The molecule has 0 N–H and O–H groups in total. The van der Waals surface area contributed by atoms with E-state index in [1.807, 2.05) is 42.5 Å². The van der Waals surface area contributed by atoms with Crippen molar-refractivity contribution in [2.24, 2.45) is 5.11 Å². The van der Waals surface area contributed by atoms with Gasteiger partial charge in [-0.25, -0.2) is 0 Å². The zero-order chi connectivity index (χ0) is 8.65. The van der Waals surface area contributed by atoms with Crippen molar-refractivity contribution in [3.05, 3.63) is 52.4 Å². The van der Waals surface area contributed by atoms with E-state index in [0.717, 1.165) is 5.56 Å². The van der Waals surface area contributed by atoms with Crippen LogP contribution in [0.5, 0.6) is 0 Å². The molecule has 0 aliphatic heterocycles. The molecule has 0 saturated heterocycles. The van der Waals surface area contributed by atoms with Gasteiger partial charge in [-0.1, -0.05) is 47.6 Å². The van der Waals surface area contributed by atoms with E-state index >= 15 is 0 Å². The Morgan fingerprint density at radius 2 is 2.08 bits per heavy atom. The quantitative estimate of drug-likeness (QED) is 0.370. The molecule has 60 valence electrons. The van der Waals surface area contributed by atoms with Crippen LogP contribution in [0.1, 0.15) is 5.56 Å². The maximum atomic E-state index is 7.99. The van der Waals surface area contributed by atoms with Gasteiger partial charge in [-0.2, -0.15) is 0 Å². The van der Waals surface area contributed by atoms with Gasteiger partial charge < -0.3 is 0 Å². The lowest BCUT2D eigenvalue weighted by Crippen LogP contribution is -1.70. The Bertz CT molecular complexity index is 297. The van der Waals surface area contributed by atoms with Crippen LogP contribution < -0.4 is 0 Å². The molecule has 3 nitrogen and oxygen atoms in total. The van der Waals surface area contributed by atoms with E-state index in [1.54, 1.807) is 0 Å². The number of hydrogen-bond acceptors (Lipinski definition) is 1. The summed E-state index contributed by atoms with van der Waals surface area (Å²) in [6, 6.07) is 9.88. The highest BCUT2D eigenvalue weighted by Gasteiger charge is 1.80. The lowest BCUT2D eigenvalue weighted by molar-refractivity contribution is 1.22. The molecule has 0 radical (unpaired) electrons. The monoisotopic (exact) mass is 159 g/mol. The Labute approximate surface area is 71.0 Å². The third-order valence-electron chi connectivity index (χ3n) is 1.36. The molecule has 0 bridgehead atoms. The van der Waals surface area contributed by atoms with Crippen molar-refractivity contribution in [2.75, 3.05) is 6.54 Å². The number of nitrogens with zero attached hydrogens (tertiary/aromatic N) is 3. The molecule has 0 spiro atoms. The van der Waals surface area contributed by atoms with Gasteiger partial charge in [-0.3, -0.25) is 0 Å². The molecule has 1 aromatic carbocycles. The summed E-state index contributed by atoms with van der Waals surface area (Å²) in [5.74, 6) is 0. The van der Waals surface area contributed by atoms with Gasteiger partial charge in [-0.15, -0.1) is 0 Å². The average Bonchev–Trinajstić information content (AvgIpc) is 2.14. The highest BCUT2D eigenvalue weighted by Crippen LogP contribution is 2.00. The van der Waals surface area contributed by atoms with Gasteiger partial charge in [0.1, 0.15) is 0 Å². The molecular formula is C9H9N3. The minimum atomic E-state index is 0.408. The van der Waals surface area contributed by atoms with Crippen molar-refractivity contribution >= 4 is 6.08 Å². The second-order valence-corrected chi connectivity index (χ2v) is 2.23. The zero-order valence-corrected chi connectivity index (χ0v) is 6.59. The predicted octanol–water partition coefficient (Wildman–Crippen LogP) is 3.01. The summed E-state index contributed by atoms with van der Waals surface area (Å²) in [6.07, 6.45) is 3.75. The maximum Gasteiger partial charge on any atom is 0.0443 e. The molecule has 0 aliphatic rings. The zero-order valence-electron chi connectivity index (χ0n) is 6.59. The molecule has 0 heterocycles. The molecule has 0 aliphatic carbocycles. The third-order valence-corrected chi connectivity index (χ3v) is 1.36. The Morgan fingerprint density at radius 3 is 2.75 bits per heavy atom. The second kappa shape index (κ2) is 4.99. The number of azide groups is 1. The minimum Gasteiger partial charge on any atom is -0.0899 e. The van der Waals surface area contributed by atoms with Gasteiger partial charge in [0.25, 0.3) is 0 Å². The smallest absolute Gasteiger partial charge is 0.0443 e. The van der Waals surface area contributed by atoms with Crippen LogP contribution in [0, 0.1) is 0 Å². The summed E-state index contributed by atoms with van der Waals surface area (Å²) >= 11 is 0. The molecule has 0 saturated carbocycles. The van der Waals surface area contributed by atoms with Crippen molar-refractivity contribution in [2.45, 2.75) is 0 Å². The van der Waals surface area contributed by atoms with E-state index in [4.69, 9.17) is 5.53 Å². The largest absolute Gasteiger partial charge is 0.0899 e. The number of benzene rings is 1. The van der Waals surface area contributed by atoms with Gasteiger partial charge in [0.2, 0.25) is 0 Å². The molecule has 1 aromatic rings. The third kappa shape index (κ3) is 2.90. The van der Waals surface area contributed by atoms with E-state index in [2.05, 4.69) is 10.0 Å². The lowest BCUT2D eigenvalue weighted by Gasteiger charge is -1.88. The molecule has 0 atom stereocenters. The van der Waals surface area contributed by atoms with Crippen molar-refractivity contribution < 1.29 is 0 Å². The molecule has 1 rings (SSSR count). The first-order valence-electron chi connectivity index (χ1n) is 3.66. The van der Waals surface area contributed by atoms with Crippen molar-refractivity contribution in [3.8, 4) is 0 Å². The highest BCUT2D eigenvalue weighted by atomic mass is 15.1. The molecule has 0 unspecified atom stereocenters. The molecule has 12 heavy (non-hydrogen) atoms. The molecule has 0 amide bonds. The first-order chi connectivity index (χ1) is 5.93. The fourth-order valence-corrected chi connectivity index (χ4v) is 0.837. The van der Waals surface area contributed by atoms with Crippen molar-refractivity contribution in [1.29, 1.82) is 0 Å². The average molecular weight is 159 g/mol. The van der Waals surface area contributed by atoms with Crippen molar-refractivity contribution in [3.63, 3.8) is 0 Å². The SMILES string of the molecule is [N-]=[N+]=NC/C=C\c1ccccc1. The topological polar surface area (TPSA) is 48.8 Å². The standard InChI is InChI=1S/C9H9N3/c10-12-11-8-4-7-9-5-2-1-3-6-9/h1-7H,8H2/b7-4-. The van der Waals surface area contributed by atoms with Gasteiger partial charge in [0.15, 0.2) is 0 Å². The van der Waals surface area contributed by atoms with E-state index in [-0.39, 0.29) is 0 Å². The van der Waals surface area contributed by atoms with E-state index in [1.165, 1.54) is 0 Å². The Morgan fingerprint density at radius 1 is 1.33 bits per heavy atom. The van der Waals surface area contributed by atoms with Crippen LogP contribution >= 0.6 is 0 Å². The van der Waals surface area contributed by atoms with Crippen LogP contribution in [0.3, 0.4) is 0 Å². The summed E-state index contributed by atoms with van der Waals surface area (Å²) in [5, 5.41) is 3.38. The molecule has 0 aromatic heterocycles. The maximum absolute atomic E-state index is 7.99. The van der Waals surface area contributed by atoms with Crippen LogP contribution in [0.25, 0.3) is 16.5 Å². The van der Waals surface area contributed by atoms with Gasteiger partial charge in [0, 0.05) is 11.5 Å². The lowest BCUT2D eigenvalue weighted by atomic mass is 10.2. The first-order valence-corrected chi connectivity index (χ1v) is 3.66. The van der Waals surface area contributed by atoms with Crippen LogP contribution in [0.2, 0.25) is 0 Å². The van der Waals surface area contributed by atoms with E-state index in [0.29, 0.717) is 6.54 Å². The molecule has 0 fully saturated rings. The second-order valence-electron chi connectivity index (χ2n) is 2.23. The van der Waals surface area contributed by atoms with Crippen molar-refractivity contribution in [1.82, 2.24) is 0 Å². The van der Waals surface area contributed by atoms with Gasteiger partial charge in [0.05, 0.1) is 0 Å². The summed E-state index contributed by atoms with van der Waals surface area (Å²) in [4.78, 5) is 2.64. The van der Waals surface area contributed by atoms with E-state index < -0.39 is 0 Å². The fraction of sp³-hybridized carbons (Fsp3) is 0.111. The number of hydrogen-bond donors (Lipinski definition) is 0.